The van der Waals surface area contributed by atoms with Crippen LogP contribution in [0, 0.1) is 0 Å². The number of rotatable bonds is 11. The van der Waals surface area contributed by atoms with Gasteiger partial charge in [0.05, 0.1) is 0 Å². The number of carboxylic acid groups (broad SMARTS) is 2. The molecule has 5 heteroatoms. The Balaban J connectivity index is 0.000000662. The molecule has 0 aromatic rings. The van der Waals surface area contributed by atoms with Crippen LogP contribution in [0.1, 0.15) is 77.0 Å². The van der Waals surface area contributed by atoms with Crippen molar-refractivity contribution < 1.29 is 19.8 Å². The Morgan fingerprint density at radius 2 is 1.00 bits per heavy atom. The minimum absolute atomic E-state index is 0.276. The van der Waals surface area contributed by atoms with E-state index in [0.29, 0.717) is 0 Å². The Kier molecular flexibility index (Phi) is 14.5. The zero-order valence-corrected chi connectivity index (χ0v) is 13.1. The van der Waals surface area contributed by atoms with Crippen molar-refractivity contribution in [2.24, 2.45) is 0 Å². The first kappa shape index (κ1) is 19.9. The van der Waals surface area contributed by atoms with E-state index < -0.39 is 11.9 Å². The first-order valence-electron chi connectivity index (χ1n) is 8.27. The molecular weight excluding hydrogens is 270 g/mol. The van der Waals surface area contributed by atoms with Crippen LogP contribution in [0.15, 0.2) is 0 Å². The first-order chi connectivity index (χ1) is 10.1. The summed E-state index contributed by atoms with van der Waals surface area (Å²) >= 11 is 0. The molecule has 5 nitrogen and oxygen atoms in total. The highest BCUT2D eigenvalue weighted by atomic mass is 16.4. The molecule has 124 valence electrons. The second-order valence-corrected chi connectivity index (χ2v) is 5.57. The minimum Gasteiger partial charge on any atom is -0.481 e. The third kappa shape index (κ3) is 18.9. The SMILES string of the molecule is C1CCNC1.O=C(O)CCCCCCCCCCC(=O)O. The van der Waals surface area contributed by atoms with Gasteiger partial charge in [0.25, 0.3) is 0 Å². The van der Waals surface area contributed by atoms with E-state index in [0.717, 1.165) is 51.4 Å². The maximum atomic E-state index is 10.2. The Labute approximate surface area is 128 Å². The fourth-order valence-corrected chi connectivity index (χ4v) is 2.24. The third-order valence-electron chi connectivity index (χ3n) is 3.49. The second-order valence-electron chi connectivity index (χ2n) is 5.57. The lowest BCUT2D eigenvalue weighted by atomic mass is 10.1. The highest BCUT2D eigenvalue weighted by molar-refractivity contribution is 5.66. The zero-order valence-electron chi connectivity index (χ0n) is 13.1. The molecule has 1 saturated heterocycles. The predicted molar refractivity (Wildman–Crippen MR) is 83.5 cm³/mol. The van der Waals surface area contributed by atoms with Crippen molar-refractivity contribution in [3.63, 3.8) is 0 Å². The normalized spacial score (nSPS) is 13.5. The molecule has 0 aromatic heterocycles. The summed E-state index contributed by atoms with van der Waals surface area (Å²) in [5.41, 5.74) is 0. The molecule has 1 aliphatic rings. The summed E-state index contributed by atoms with van der Waals surface area (Å²) in [6.45, 7) is 2.50. The van der Waals surface area contributed by atoms with Crippen molar-refractivity contribution >= 4 is 11.9 Å². The van der Waals surface area contributed by atoms with Crippen molar-refractivity contribution in [2.75, 3.05) is 13.1 Å². The van der Waals surface area contributed by atoms with Crippen LogP contribution in [0.4, 0.5) is 0 Å². The maximum Gasteiger partial charge on any atom is 0.303 e. The molecule has 0 saturated carbocycles. The molecule has 0 spiro atoms. The summed E-state index contributed by atoms with van der Waals surface area (Å²) in [5.74, 6) is -1.43. The van der Waals surface area contributed by atoms with Crippen molar-refractivity contribution in [1.29, 1.82) is 0 Å². The number of carbonyl (C=O) groups is 2. The largest absolute Gasteiger partial charge is 0.481 e. The van der Waals surface area contributed by atoms with Crippen LogP contribution in [-0.4, -0.2) is 35.2 Å². The van der Waals surface area contributed by atoms with Gasteiger partial charge in [-0.3, -0.25) is 9.59 Å². The van der Waals surface area contributed by atoms with Crippen molar-refractivity contribution in [3.05, 3.63) is 0 Å². The topological polar surface area (TPSA) is 86.6 Å². The fraction of sp³-hybridized carbons (Fsp3) is 0.875. The van der Waals surface area contributed by atoms with Gasteiger partial charge in [-0.1, -0.05) is 38.5 Å². The van der Waals surface area contributed by atoms with Gasteiger partial charge < -0.3 is 15.5 Å². The van der Waals surface area contributed by atoms with E-state index in [-0.39, 0.29) is 12.8 Å². The molecule has 0 atom stereocenters. The summed E-state index contributed by atoms with van der Waals surface area (Å²) in [7, 11) is 0. The molecular formula is C16H31NO4. The summed E-state index contributed by atoms with van der Waals surface area (Å²) < 4.78 is 0. The number of carboxylic acids is 2. The minimum atomic E-state index is -0.714. The van der Waals surface area contributed by atoms with Crippen molar-refractivity contribution in [3.8, 4) is 0 Å². The number of aliphatic carboxylic acids is 2. The van der Waals surface area contributed by atoms with Gasteiger partial charge in [-0.2, -0.15) is 0 Å². The van der Waals surface area contributed by atoms with Crippen LogP contribution >= 0.6 is 0 Å². The van der Waals surface area contributed by atoms with Crippen LogP contribution in [-0.2, 0) is 9.59 Å². The maximum absolute atomic E-state index is 10.2. The lowest BCUT2D eigenvalue weighted by Gasteiger charge is -2.00. The smallest absolute Gasteiger partial charge is 0.303 e. The number of nitrogens with one attached hydrogen (secondary N) is 1. The second kappa shape index (κ2) is 15.3. The van der Waals surface area contributed by atoms with E-state index in [1.165, 1.54) is 25.9 Å². The van der Waals surface area contributed by atoms with Gasteiger partial charge in [0.15, 0.2) is 0 Å². The van der Waals surface area contributed by atoms with Crippen LogP contribution < -0.4 is 5.32 Å². The molecule has 3 N–H and O–H groups in total. The summed E-state index contributed by atoms with van der Waals surface area (Å²) in [6.07, 6.45) is 11.3. The Morgan fingerprint density at radius 3 is 1.24 bits per heavy atom. The molecule has 1 heterocycles. The van der Waals surface area contributed by atoms with Crippen molar-refractivity contribution in [2.45, 2.75) is 77.0 Å². The molecule has 0 aromatic carbocycles. The summed E-state index contributed by atoms with van der Waals surface area (Å²) in [6, 6.07) is 0. The Hall–Kier alpha value is -1.10. The first-order valence-corrected chi connectivity index (χ1v) is 8.27. The van der Waals surface area contributed by atoms with Gasteiger partial charge in [-0.05, 0) is 38.8 Å². The predicted octanol–water partition coefficient (Wildman–Crippen LogP) is 3.43. The van der Waals surface area contributed by atoms with E-state index in [4.69, 9.17) is 10.2 Å². The van der Waals surface area contributed by atoms with Crippen LogP contribution in [0.5, 0.6) is 0 Å². The molecule has 1 fully saturated rings. The Bertz CT molecular complexity index is 235. The lowest BCUT2D eigenvalue weighted by molar-refractivity contribution is -0.138. The van der Waals surface area contributed by atoms with E-state index in [1.807, 2.05) is 0 Å². The van der Waals surface area contributed by atoms with Crippen LogP contribution in [0.25, 0.3) is 0 Å². The molecule has 0 amide bonds. The van der Waals surface area contributed by atoms with Gasteiger partial charge in [-0.15, -0.1) is 0 Å². The van der Waals surface area contributed by atoms with Gasteiger partial charge >= 0.3 is 11.9 Å². The average Bonchev–Trinajstić information content (AvgIpc) is 2.99. The van der Waals surface area contributed by atoms with Crippen LogP contribution in [0.3, 0.4) is 0 Å². The highest BCUT2D eigenvalue weighted by Gasteiger charge is 1.98. The molecule has 1 rings (SSSR count). The standard InChI is InChI=1S/C12H22O4.C4H9N/c13-11(14)9-7-5-3-1-2-4-6-8-10-12(15)16;1-2-4-5-3-1/h1-10H2,(H,13,14)(H,15,16);5H,1-4H2. The summed E-state index contributed by atoms with van der Waals surface area (Å²) in [4.78, 5) is 20.4. The average molecular weight is 301 g/mol. The van der Waals surface area contributed by atoms with Crippen LogP contribution in [0.2, 0.25) is 0 Å². The third-order valence-corrected chi connectivity index (χ3v) is 3.49. The van der Waals surface area contributed by atoms with E-state index in [2.05, 4.69) is 5.32 Å². The molecule has 0 bridgehead atoms. The van der Waals surface area contributed by atoms with Crippen molar-refractivity contribution in [1.82, 2.24) is 5.32 Å². The van der Waals surface area contributed by atoms with E-state index in [9.17, 15) is 9.59 Å². The number of unbranched alkanes of at least 4 members (excludes halogenated alkanes) is 7. The van der Waals surface area contributed by atoms with Gasteiger partial charge in [0.2, 0.25) is 0 Å². The fourth-order valence-electron chi connectivity index (χ4n) is 2.24. The summed E-state index contributed by atoms with van der Waals surface area (Å²) in [5, 5.41) is 20.0. The quantitative estimate of drug-likeness (QED) is 0.509. The molecule has 0 radical (unpaired) electrons. The molecule has 21 heavy (non-hydrogen) atoms. The Morgan fingerprint density at radius 1 is 0.667 bits per heavy atom. The molecule has 0 unspecified atom stereocenters. The van der Waals surface area contributed by atoms with Gasteiger partial charge in [0.1, 0.15) is 0 Å². The highest BCUT2D eigenvalue weighted by Crippen LogP contribution is 2.10. The number of hydrogen-bond donors (Lipinski definition) is 3. The van der Waals surface area contributed by atoms with E-state index >= 15 is 0 Å². The lowest BCUT2D eigenvalue weighted by Crippen LogP contribution is -2.03. The molecule has 1 aliphatic heterocycles. The monoisotopic (exact) mass is 301 g/mol. The zero-order chi connectivity index (χ0) is 15.8. The number of hydrogen-bond acceptors (Lipinski definition) is 3. The van der Waals surface area contributed by atoms with Gasteiger partial charge in [0, 0.05) is 12.8 Å². The molecule has 0 aliphatic carbocycles. The van der Waals surface area contributed by atoms with E-state index in [1.54, 1.807) is 0 Å². The van der Waals surface area contributed by atoms with Gasteiger partial charge in [-0.25, -0.2) is 0 Å².